The third kappa shape index (κ3) is 4.44. The minimum atomic E-state index is -3.88. The Morgan fingerprint density at radius 3 is 2.19 bits per heavy atom. The molecule has 0 aromatic heterocycles. The molecule has 1 aromatic carbocycles. The first-order valence-electron chi connectivity index (χ1n) is 9.77. The van der Waals surface area contributed by atoms with Crippen molar-refractivity contribution in [3.63, 3.8) is 0 Å². The summed E-state index contributed by atoms with van der Waals surface area (Å²) in [6, 6.07) is 7.79. The van der Waals surface area contributed by atoms with Crippen LogP contribution in [0.4, 0.5) is 0 Å². The molecule has 0 amide bonds. The Labute approximate surface area is 182 Å². The summed E-state index contributed by atoms with van der Waals surface area (Å²) in [6.07, 6.45) is 8.93. The van der Waals surface area contributed by atoms with Gasteiger partial charge in [-0.1, -0.05) is 48.6 Å². The first kappa shape index (κ1) is 22.4. The number of carbonyl (C=O) groups excluding carboxylic acids is 2. The molecule has 0 aliphatic heterocycles. The van der Waals surface area contributed by atoms with Gasteiger partial charge in [-0.25, -0.2) is 13.2 Å². The predicted octanol–water partition coefficient (Wildman–Crippen LogP) is 4.22. The molecule has 2 aliphatic carbocycles. The van der Waals surface area contributed by atoms with E-state index in [2.05, 4.69) is 0 Å². The van der Waals surface area contributed by atoms with Gasteiger partial charge in [0.15, 0.2) is 15.6 Å². The Morgan fingerprint density at radius 2 is 1.55 bits per heavy atom. The number of sulfone groups is 1. The third-order valence-corrected chi connectivity index (χ3v) is 6.89. The molecule has 3 rings (SSSR count). The van der Waals surface area contributed by atoms with E-state index in [-0.39, 0.29) is 16.0 Å². The predicted molar refractivity (Wildman–Crippen MR) is 120 cm³/mol. The minimum Gasteiger partial charge on any atom is -0.465 e. The highest BCUT2D eigenvalue weighted by Crippen LogP contribution is 2.38. The molecule has 6 heteroatoms. The summed E-state index contributed by atoms with van der Waals surface area (Å²) in [4.78, 5) is 26.2. The van der Waals surface area contributed by atoms with Gasteiger partial charge in [-0.15, -0.1) is 0 Å². The van der Waals surface area contributed by atoms with Gasteiger partial charge in [-0.05, 0) is 55.2 Å². The van der Waals surface area contributed by atoms with E-state index in [1.165, 1.54) is 25.3 Å². The maximum atomic E-state index is 13.3. The van der Waals surface area contributed by atoms with E-state index in [0.717, 1.165) is 22.3 Å². The molecule has 5 nitrogen and oxygen atoms in total. The summed E-state index contributed by atoms with van der Waals surface area (Å²) in [6.45, 7) is 5.67. The fraction of sp³-hybridized carbons (Fsp3) is 0.200. The third-order valence-electron chi connectivity index (χ3n) is 5.26. The smallest absolute Gasteiger partial charge is 0.339 e. The molecule has 0 radical (unpaired) electrons. The van der Waals surface area contributed by atoms with Crippen LogP contribution < -0.4 is 0 Å². The van der Waals surface area contributed by atoms with Crippen molar-refractivity contribution in [2.75, 3.05) is 12.9 Å². The number of fused-ring (bicyclic) bond motifs is 1. The van der Waals surface area contributed by atoms with Crippen LogP contribution in [0.15, 0.2) is 105 Å². The lowest BCUT2D eigenvalue weighted by molar-refractivity contribution is -0.136. The maximum Gasteiger partial charge on any atom is 0.339 e. The van der Waals surface area contributed by atoms with E-state index in [1.807, 2.05) is 39.0 Å². The van der Waals surface area contributed by atoms with Gasteiger partial charge in [0.2, 0.25) is 0 Å². The molecule has 0 fully saturated rings. The average molecular weight is 437 g/mol. The maximum absolute atomic E-state index is 13.3. The SMILES string of the molecule is COC(=O)C1=C2C(C)=CC=CC(C)=C2C(C)=CC=C1C(=O)CS(=O)(=O)c1ccccc1. The van der Waals surface area contributed by atoms with E-state index in [1.54, 1.807) is 24.3 Å². The summed E-state index contributed by atoms with van der Waals surface area (Å²) >= 11 is 0. The van der Waals surface area contributed by atoms with Gasteiger partial charge in [-0.3, -0.25) is 4.79 Å². The molecule has 0 atom stereocenters. The van der Waals surface area contributed by atoms with Crippen molar-refractivity contribution in [1.82, 2.24) is 0 Å². The number of carbonyl (C=O) groups is 2. The monoisotopic (exact) mass is 436 g/mol. The van der Waals surface area contributed by atoms with Crippen LogP contribution >= 0.6 is 0 Å². The van der Waals surface area contributed by atoms with Crippen molar-refractivity contribution < 1.29 is 22.7 Å². The zero-order valence-corrected chi connectivity index (χ0v) is 18.7. The summed E-state index contributed by atoms with van der Waals surface area (Å²) in [5.41, 5.74) is 4.08. The Morgan fingerprint density at radius 1 is 0.903 bits per heavy atom. The summed E-state index contributed by atoms with van der Waals surface area (Å²) < 4.78 is 30.6. The number of allylic oxidation sites excluding steroid dienone is 10. The Hall–Kier alpha value is -3.25. The number of methoxy groups -OCH3 is 1. The number of esters is 1. The number of rotatable bonds is 5. The Bertz CT molecular complexity index is 1230. The van der Waals surface area contributed by atoms with E-state index < -0.39 is 27.3 Å². The topological polar surface area (TPSA) is 77.5 Å². The number of hydrogen-bond donors (Lipinski definition) is 0. The van der Waals surface area contributed by atoms with Crippen molar-refractivity contribution in [3.8, 4) is 0 Å². The summed E-state index contributed by atoms with van der Waals surface area (Å²) in [7, 11) is -2.63. The molecule has 0 N–H and O–H groups in total. The number of ether oxygens (including phenoxy) is 1. The van der Waals surface area contributed by atoms with Crippen LogP contribution in [0.1, 0.15) is 20.8 Å². The largest absolute Gasteiger partial charge is 0.465 e. The second-order valence-corrected chi connectivity index (χ2v) is 9.42. The molecule has 0 saturated heterocycles. The van der Waals surface area contributed by atoms with Crippen molar-refractivity contribution in [1.29, 1.82) is 0 Å². The van der Waals surface area contributed by atoms with Crippen molar-refractivity contribution in [2.45, 2.75) is 25.7 Å². The molecule has 1 aromatic rings. The number of hydrogen-bond acceptors (Lipinski definition) is 5. The van der Waals surface area contributed by atoms with E-state index in [0.29, 0.717) is 5.57 Å². The molecule has 0 heterocycles. The molecular formula is C25H24O5S. The normalized spacial score (nSPS) is 16.6. The van der Waals surface area contributed by atoms with Crippen LogP contribution in [0, 0.1) is 0 Å². The second kappa shape index (κ2) is 8.86. The first-order valence-corrected chi connectivity index (χ1v) is 11.4. The van der Waals surface area contributed by atoms with Crippen LogP contribution in [0.25, 0.3) is 0 Å². The van der Waals surface area contributed by atoms with Gasteiger partial charge in [0.25, 0.3) is 0 Å². The lowest BCUT2D eigenvalue weighted by atomic mass is 9.86. The zero-order valence-electron chi connectivity index (χ0n) is 17.9. The van der Waals surface area contributed by atoms with Gasteiger partial charge < -0.3 is 4.74 Å². The van der Waals surface area contributed by atoms with Crippen molar-refractivity contribution in [3.05, 3.63) is 99.7 Å². The van der Waals surface area contributed by atoms with Gasteiger partial charge in [0.1, 0.15) is 5.75 Å². The van der Waals surface area contributed by atoms with Crippen LogP contribution in [-0.4, -0.2) is 33.0 Å². The van der Waals surface area contributed by atoms with Crippen LogP contribution in [0.3, 0.4) is 0 Å². The van der Waals surface area contributed by atoms with Crippen molar-refractivity contribution >= 4 is 21.6 Å². The fourth-order valence-electron chi connectivity index (χ4n) is 3.75. The second-order valence-electron chi connectivity index (χ2n) is 7.43. The highest BCUT2D eigenvalue weighted by Gasteiger charge is 2.32. The zero-order chi connectivity index (χ0) is 22.8. The van der Waals surface area contributed by atoms with Crippen molar-refractivity contribution in [2.24, 2.45) is 0 Å². The first-order chi connectivity index (χ1) is 14.7. The van der Waals surface area contributed by atoms with Gasteiger partial charge in [0.05, 0.1) is 17.6 Å². The van der Waals surface area contributed by atoms with Crippen LogP contribution in [-0.2, 0) is 24.2 Å². The Kier molecular flexibility index (Phi) is 6.41. The van der Waals surface area contributed by atoms with Gasteiger partial charge in [0, 0.05) is 11.1 Å². The molecule has 0 spiro atoms. The van der Waals surface area contributed by atoms with E-state index in [4.69, 9.17) is 4.74 Å². The molecule has 2 aliphatic rings. The summed E-state index contributed by atoms with van der Waals surface area (Å²) in [5.74, 6) is -2.10. The minimum absolute atomic E-state index is 0.0261. The molecule has 160 valence electrons. The molecule has 0 bridgehead atoms. The lowest BCUT2D eigenvalue weighted by Crippen LogP contribution is -2.23. The molecule has 31 heavy (non-hydrogen) atoms. The van der Waals surface area contributed by atoms with Gasteiger partial charge in [-0.2, -0.15) is 0 Å². The number of ketones is 1. The highest BCUT2D eigenvalue weighted by atomic mass is 32.2. The van der Waals surface area contributed by atoms with Crippen LogP contribution in [0.2, 0.25) is 0 Å². The average Bonchev–Trinajstić information content (AvgIpc) is 2.98. The quantitative estimate of drug-likeness (QED) is 0.646. The van der Waals surface area contributed by atoms with E-state index in [9.17, 15) is 18.0 Å². The standard InChI is InChI=1S/C25H24O5S/c1-16-9-8-10-17(2)23-22(16)18(3)13-14-20(24(23)25(27)30-4)21(26)15-31(28,29)19-11-6-5-7-12-19/h5-14H,15H2,1-4H3. The number of benzene rings is 1. The highest BCUT2D eigenvalue weighted by molar-refractivity contribution is 7.92. The molecule has 0 unspecified atom stereocenters. The van der Waals surface area contributed by atoms with Crippen LogP contribution in [0.5, 0.6) is 0 Å². The molecule has 0 saturated carbocycles. The Balaban J connectivity index is 2.20. The van der Waals surface area contributed by atoms with E-state index >= 15 is 0 Å². The number of Topliss-reactive ketones (excluding diaryl/α,β-unsaturated/α-hetero) is 1. The molecular weight excluding hydrogens is 412 g/mol. The van der Waals surface area contributed by atoms with Gasteiger partial charge >= 0.3 is 5.97 Å². The fourth-order valence-corrected chi connectivity index (χ4v) is 4.98. The lowest BCUT2D eigenvalue weighted by Gasteiger charge is -2.19. The summed E-state index contributed by atoms with van der Waals surface area (Å²) in [5, 5.41) is 0.